The second-order valence-electron chi connectivity index (χ2n) is 4.25. The van der Waals surface area contributed by atoms with Gasteiger partial charge in [0.1, 0.15) is 5.38 Å². The molecule has 0 bridgehead atoms. The molecule has 0 spiro atoms. The lowest BCUT2D eigenvalue weighted by Gasteiger charge is -2.28. The molecule has 2 atom stereocenters. The number of halogens is 1. The molecule has 0 saturated carbocycles. The second-order valence-corrected chi connectivity index (χ2v) is 4.90. The van der Waals surface area contributed by atoms with Gasteiger partial charge in [-0.25, -0.2) is 0 Å². The first kappa shape index (κ1) is 13.8. The van der Waals surface area contributed by atoms with Gasteiger partial charge in [-0.15, -0.1) is 11.6 Å². The monoisotopic (exact) mass is 219 g/mol. The number of nitrogens with one attached hydrogen (secondary N) is 1. The minimum absolute atomic E-state index is 0.0672. The van der Waals surface area contributed by atoms with E-state index in [1.807, 2.05) is 0 Å². The van der Waals surface area contributed by atoms with Crippen LogP contribution in [0.4, 0.5) is 0 Å². The summed E-state index contributed by atoms with van der Waals surface area (Å²) in [5.41, 5.74) is 0.218. The molecule has 0 rings (SSSR count). The van der Waals surface area contributed by atoms with E-state index in [2.05, 4.69) is 26.1 Å². The maximum Gasteiger partial charge on any atom is 0.237 e. The molecule has 84 valence electrons. The summed E-state index contributed by atoms with van der Waals surface area (Å²) in [5, 5.41) is 2.45. The molecule has 0 aromatic rings. The van der Waals surface area contributed by atoms with Gasteiger partial charge in [-0.05, 0) is 25.2 Å². The number of hydrogen-bond donors (Lipinski definition) is 1. The lowest BCUT2D eigenvalue weighted by Crippen LogP contribution is -2.38. The molecule has 0 aliphatic rings. The van der Waals surface area contributed by atoms with Crippen LogP contribution in [0.15, 0.2) is 0 Å². The van der Waals surface area contributed by atoms with E-state index in [9.17, 15) is 4.79 Å². The third kappa shape index (κ3) is 4.85. The van der Waals surface area contributed by atoms with Crippen molar-refractivity contribution in [2.75, 3.05) is 6.54 Å². The first-order valence-corrected chi connectivity index (χ1v) is 5.80. The zero-order valence-corrected chi connectivity index (χ0v) is 10.4. The number of hydrogen-bond acceptors (Lipinski definition) is 1. The van der Waals surface area contributed by atoms with Crippen LogP contribution >= 0.6 is 11.6 Å². The molecule has 3 heteroatoms. The van der Waals surface area contributed by atoms with E-state index in [4.69, 9.17) is 11.6 Å². The maximum atomic E-state index is 11.3. The van der Waals surface area contributed by atoms with E-state index in [1.54, 1.807) is 6.92 Å². The van der Waals surface area contributed by atoms with Gasteiger partial charge < -0.3 is 5.32 Å². The fraction of sp³-hybridized carbons (Fsp3) is 0.909. The zero-order valence-electron chi connectivity index (χ0n) is 9.69. The van der Waals surface area contributed by atoms with Gasteiger partial charge in [0.05, 0.1) is 0 Å². The van der Waals surface area contributed by atoms with E-state index in [-0.39, 0.29) is 11.3 Å². The summed E-state index contributed by atoms with van der Waals surface area (Å²) >= 11 is 5.67. The fourth-order valence-corrected chi connectivity index (χ4v) is 1.51. The summed E-state index contributed by atoms with van der Waals surface area (Å²) in [6, 6.07) is 0. The van der Waals surface area contributed by atoms with Crippen LogP contribution in [0.3, 0.4) is 0 Å². The predicted octanol–water partition coefficient (Wildman–Crippen LogP) is 2.95. The molecule has 1 unspecified atom stereocenters. The van der Waals surface area contributed by atoms with Gasteiger partial charge >= 0.3 is 0 Å². The van der Waals surface area contributed by atoms with E-state index in [0.29, 0.717) is 0 Å². The second kappa shape index (κ2) is 6.28. The minimum atomic E-state index is -0.433. The smallest absolute Gasteiger partial charge is 0.237 e. The van der Waals surface area contributed by atoms with Gasteiger partial charge in [0, 0.05) is 6.54 Å². The number of carbonyl (C=O) groups excluding carboxylic acids is 1. The van der Waals surface area contributed by atoms with Crippen molar-refractivity contribution in [3.05, 3.63) is 0 Å². The highest BCUT2D eigenvalue weighted by atomic mass is 35.5. The highest BCUT2D eigenvalue weighted by Gasteiger charge is 2.22. The van der Waals surface area contributed by atoms with E-state index in [0.717, 1.165) is 25.8 Å². The Hall–Kier alpha value is -0.240. The Labute approximate surface area is 92.4 Å². The van der Waals surface area contributed by atoms with Gasteiger partial charge in [0.15, 0.2) is 0 Å². The fourth-order valence-electron chi connectivity index (χ4n) is 1.43. The van der Waals surface area contributed by atoms with Gasteiger partial charge in [-0.2, -0.15) is 0 Å². The first-order chi connectivity index (χ1) is 6.45. The van der Waals surface area contributed by atoms with Crippen LogP contribution in [0.25, 0.3) is 0 Å². The molecule has 14 heavy (non-hydrogen) atoms. The van der Waals surface area contributed by atoms with Crippen molar-refractivity contribution >= 4 is 17.5 Å². The Kier molecular flexibility index (Phi) is 6.17. The molecular weight excluding hydrogens is 198 g/mol. The molecule has 0 aliphatic carbocycles. The molecule has 1 amide bonds. The third-order valence-electron chi connectivity index (χ3n) is 2.76. The molecule has 0 aromatic heterocycles. The Morgan fingerprint density at radius 3 is 2.43 bits per heavy atom. The quantitative estimate of drug-likeness (QED) is 0.684. The Bertz CT molecular complexity index is 182. The molecule has 0 saturated heterocycles. The summed E-state index contributed by atoms with van der Waals surface area (Å²) in [7, 11) is 0. The SMILES string of the molecule is CCCC(C)(CC)CNC(=O)[C@H](C)Cl. The number of amides is 1. The van der Waals surface area contributed by atoms with E-state index in [1.165, 1.54) is 0 Å². The van der Waals surface area contributed by atoms with Crippen LogP contribution in [0, 0.1) is 5.41 Å². The van der Waals surface area contributed by atoms with Crippen molar-refractivity contribution in [2.24, 2.45) is 5.41 Å². The minimum Gasteiger partial charge on any atom is -0.354 e. The average Bonchev–Trinajstić information content (AvgIpc) is 2.14. The van der Waals surface area contributed by atoms with Crippen LogP contribution in [-0.2, 0) is 4.79 Å². The summed E-state index contributed by atoms with van der Waals surface area (Å²) < 4.78 is 0. The van der Waals surface area contributed by atoms with Crippen molar-refractivity contribution in [3.8, 4) is 0 Å². The lowest BCUT2D eigenvalue weighted by atomic mass is 9.83. The summed E-state index contributed by atoms with van der Waals surface area (Å²) in [5.74, 6) is -0.0672. The summed E-state index contributed by atoms with van der Waals surface area (Å²) in [6.07, 6.45) is 3.37. The highest BCUT2D eigenvalue weighted by molar-refractivity contribution is 6.30. The number of carbonyl (C=O) groups is 1. The van der Waals surface area contributed by atoms with Crippen LogP contribution in [-0.4, -0.2) is 17.8 Å². The largest absolute Gasteiger partial charge is 0.354 e. The molecule has 0 aromatic carbocycles. The van der Waals surface area contributed by atoms with Gasteiger partial charge in [-0.1, -0.05) is 27.2 Å². The van der Waals surface area contributed by atoms with Crippen molar-refractivity contribution < 1.29 is 4.79 Å². The molecule has 2 nitrogen and oxygen atoms in total. The first-order valence-electron chi connectivity index (χ1n) is 5.37. The Morgan fingerprint density at radius 1 is 1.50 bits per heavy atom. The lowest BCUT2D eigenvalue weighted by molar-refractivity contribution is -0.121. The van der Waals surface area contributed by atoms with Crippen molar-refractivity contribution in [1.82, 2.24) is 5.32 Å². The van der Waals surface area contributed by atoms with Crippen molar-refractivity contribution in [2.45, 2.75) is 52.3 Å². The molecule has 0 radical (unpaired) electrons. The van der Waals surface area contributed by atoms with Gasteiger partial charge in [0.25, 0.3) is 0 Å². The molecule has 1 N–H and O–H groups in total. The van der Waals surface area contributed by atoms with Crippen LogP contribution in [0.2, 0.25) is 0 Å². The maximum absolute atomic E-state index is 11.3. The Morgan fingerprint density at radius 2 is 2.07 bits per heavy atom. The predicted molar refractivity (Wildman–Crippen MR) is 61.6 cm³/mol. The van der Waals surface area contributed by atoms with Crippen molar-refractivity contribution in [1.29, 1.82) is 0 Å². The third-order valence-corrected chi connectivity index (χ3v) is 2.96. The zero-order chi connectivity index (χ0) is 11.2. The van der Waals surface area contributed by atoms with Crippen LogP contribution in [0.5, 0.6) is 0 Å². The van der Waals surface area contributed by atoms with Crippen LogP contribution < -0.4 is 5.32 Å². The molecule has 0 heterocycles. The highest BCUT2D eigenvalue weighted by Crippen LogP contribution is 2.26. The standard InChI is InChI=1S/C11H22ClNO/c1-5-7-11(4,6-2)8-13-10(14)9(3)12/h9H,5-8H2,1-4H3,(H,13,14)/t9-,11?/m0/s1. The summed E-state index contributed by atoms with van der Waals surface area (Å²) in [6.45, 7) is 8.95. The van der Waals surface area contributed by atoms with E-state index < -0.39 is 5.38 Å². The van der Waals surface area contributed by atoms with E-state index >= 15 is 0 Å². The Balaban J connectivity index is 4.00. The molecule has 0 fully saturated rings. The van der Waals surface area contributed by atoms with Gasteiger partial charge in [0.2, 0.25) is 5.91 Å². The molecule has 0 aliphatic heterocycles. The van der Waals surface area contributed by atoms with Crippen molar-refractivity contribution in [3.63, 3.8) is 0 Å². The number of rotatable bonds is 6. The average molecular weight is 220 g/mol. The molecular formula is C11H22ClNO. The van der Waals surface area contributed by atoms with Crippen LogP contribution in [0.1, 0.15) is 47.0 Å². The normalized spacial score (nSPS) is 17.2. The topological polar surface area (TPSA) is 29.1 Å². The van der Waals surface area contributed by atoms with Gasteiger partial charge in [-0.3, -0.25) is 4.79 Å². The summed E-state index contributed by atoms with van der Waals surface area (Å²) in [4.78, 5) is 11.3. The number of alkyl halides is 1.